The van der Waals surface area contributed by atoms with Gasteiger partial charge in [0.1, 0.15) is 4.05 Å². The van der Waals surface area contributed by atoms with Crippen molar-refractivity contribution < 1.29 is 0 Å². The molecule has 0 bridgehead atoms. The Balaban J connectivity index is 2.35. The Bertz CT molecular complexity index is 401. The van der Waals surface area contributed by atoms with Gasteiger partial charge in [-0.15, -0.1) is 0 Å². The van der Waals surface area contributed by atoms with Crippen LogP contribution < -0.4 is 5.32 Å². The van der Waals surface area contributed by atoms with Gasteiger partial charge in [-0.25, -0.2) is 0 Å². The van der Waals surface area contributed by atoms with Crippen molar-refractivity contribution in [3.05, 3.63) is 41.1 Å². The molecule has 14 heavy (non-hydrogen) atoms. The highest BCUT2D eigenvalue weighted by molar-refractivity contribution is 14.1. The molecule has 0 fully saturated rings. The van der Waals surface area contributed by atoms with Crippen molar-refractivity contribution in [2.24, 2.45) is 4.99 Å². The summed E-state index contributed by atoms with van der Waals surface area (Å²) in [4.78, 5) is 4.26. The van der Waals surface area contributed by atoms with Crippen LogP contribution in [0.1, 0.15) is 5.56 Å². The van der Waals surface area contributed by atoms with Crippen LogP contribution in [0.25, 0.3) is 5.57 Å². The van der Waals surface area contributed by atoms with Crippen molar-refractivity contribution in [1.82, 2.24) is 5.32 Å². The Labute approximate surface area is 101 Å². The highest BCUT2D eigenvalue weighted by Gasteiger charge is 2.13. The highest BCUT2D eigenvalue weighted by Crippen LogP contribution is 2.27. The maximum atomic E-state index is 5.92. The molecular formula is C10H8ClIN2. The highest BCUT2D eigenvalue weighted by atomic mass is 127. The Hall–Kier alpha value is -0.550. The maximum absolute atomic E-state index is 5.92. The maximum Gasteiger partial charge on any atom is 0.130 e. The monoisotopic (exact) mass is 318 g/mol. The van der Waals surface area contributed by atoms with E-state index in [1.165, 1.54) is 0 Å². The molecule has 1 unspecified atom stereocenters. The molecule has 0 amide bonds. The van der Waals surface area contributed by atoms with E-state index >= 15 is 0 Å². The zero-order valence-electron chi connectivity index (χ0n) is 7.24. The SMILES string of the molecule is Clc1cccc(C2=CNC=NC2I)c1. The van der Waals surface area contributed by atoms with Gasteiger partial charge in [0.15, 0.2) is 0 Å². The summed E-state index contributed by atoms with van der Waals surface area (Å²) >= 11 is 8.21. The third-order valence-electron chi connectivity index (χ3n) is 1.93. The molecule has 1 aromatic rings. The first-order valence-electron chi connectivity index (χ1n) is 4.15. The summed E-state index contributed by atoms with van der Waals surface area (Å²) in [6.45, 7) is 0. The first kappa shape index (κ1) is 9.98. The summed E-state index contributed by atoms with van der Waals surface area (Å²) in [7, 11) is 0. The van der Waals surface area contributed by atoms with Crippen LogP contribution in [0.4, 0.5) is 0 Å². The quantitative estimate of drug-likeness (QED) is 0.480. The number of hydrogen-bond acceptors (Lipinski definition) is 2. The van der Waals surface area contributed by atoms with E-state index in [2.05, 4.69) is 32.9 Å². The molecule has 0 radical (unpaired) electrons. The smallest absolute Gasteiger partial charge is 0.130 e. The lowest BCUT2D eigenvalue weighted by Crippen LogP contribution is -2.14. The third-order valence-corrected chi connectivity index (χ3v) is 3.16. The van der Waals surface area contributed by atoms with E-state index in [-0.39, 0.29) is 4.05 Å². The zero-order valence-corrected chi connectivity index (χ0v) is 10.2. The van der Waals surface area contributed by atoms with Crippen LogP contribution in [0.5, 0.6) is 0 Å². The van der Waals surface area contributed by atoms with E-state index in [4.69, 9.17) is 11.6 Å². The lowest BCUT2D eigenvalue weighted by Gasteiger charge is -2.14. The van der Waals surface area contributed by atoms with E-state index in [1.807, 2.05) is 30.5 Å². The summed E-state index contributed by atoms with van der Waals surface area (Å²) in [5, 5.41) is 3.73. The van der Waals surface area contributed by atoms with Gasteiger partial charge in [-0.3, -0.25) is 4.99 Å². The van der Waals surface area contributed by atoms with Gasteiger partial charge in [0.2, 0.25) is 0 Å². The van der Waals surface area contributed by atoms with Crippen LogP contribution >= 0.6 is 34.2 Å². The molecule has 0 aliphatic carbocycles. The predicted octanol–water partition coefficient (Wildman–Crippen LogP) is 3.07. The van der Waals surface area contributed by atoms with Gasteiger partial charge in [-0.05, 0) is 17.7 Å². The van der Waals surface area contributed by atoms with Crippen molar-refractivity contribution in [3.63, 3.8) is 0 Å². The molecule has 1 aliphatic rings. The molecule has 2 rings (SSSR count). The third kappa shape index (κ3) is 2.09. The lowest BCUT2D eigenvalue weighted by atomic mass is 10.1. The second-order valence-electron chi connectivity index (χ2n) is 2.89. The number of benzene rings is 1. The number of nitrogens with one attached hydrogen (secondary N) is 1. The first-order chi connectivity index (χ1) is 6.77. The average molecular weight is 319 g/mol. The van der Waals surface area contributed by atoms with Gasteiger partial charge in [0.25, 0.3) is 0 Å². The van der Waals surface area contributed by atoms with Crippen molar-refractivity contribution in [1.29, 1.82) is 0 Å². The Kier molecular flexibility index (Phi) is 3.08. The topological polar surface area (TPSA) is 24.4 Å². The van der Waals surface area contributed by atoms with Crippen molar-refractivity contribution in [3.8, 4) is 0 Å². The van der Waals surface area contributed by atoms with E-state index in [9.17, 15) is 0 Å². The van der Waals surface area contributed by atoms with Gasteiger partial charge in [-0.1, -0.05) is 46.3 Å². The van der Waals surface area contributed by atoms with E-state index in [1.54, 1.807) is 6.34 Å². The second kappa shape index (κ2) is 4.31. The molecule has 0 saturated carbocycles. The standard InChI is InChI=1S/C10H8ClIN2/c11-8-3-1-2-7(4-8)9-5-13-6-14-10(9)12/h1-6,10H,(H,13,14). The van der Waals surface area contributed by atoms with Crippen LogP contribution in [-0.2, 0) is 0 Å². The largest absolute Gasteiger partial charge is 0.353 e. The molecule has 72 valence electrons. The summed E-state index contributed by atoms with van der Waals surface area (Å²) in [5.74, 6) is 0. The van der Waals surface area contributed by atoms with Crippen molar-refractivity contribution >= 4 is 46.1 Å². The normalized spacial score (nSPS) is 20.1. The summed E-state index contributed by atoms with van der Waals surface area (Å²) in [6, 6.07) is 7.79. The fourth-order valence-electron chi connectivity index (χ4n) is 1.27. The number of rotatable bonds is 1. The molecule has 1 aromatic carbocycles. The summed E-state index contributed by atoms with van der Waals surface area (Å²) < 4.78 is 0.160. The van der Waals surface area contributed by atoms with Gasteiger partial charge < -0.3 is 5.32 Å². The fourth-order valence-corrected chi connectivity index (χ4v) is 2.16. The molecule has 1 N–H and O–H groups in total. The van der Waals surface area contributed by atoms with Crippen molar-refractivity contribution in [2.45, 2.75) is 4.05 Å². The fraction of sp³-hybridized carbons (Fsp3) is 0.100. The molecule has 0 saturated heterocycles. The van der Waals surface area contributed by atoms with E-state index in [0.29, 0.717) is 0 Å². The minimum absolute atomic E-state index is 0.160. The number of aliphatic imine (C=N–C) groups is 1. The van der Waals surface area contributed by atoms with Gasteiger partial charge in [0.05, 0.1) is 6.34 Å². The zero-order chi connectivity index (χ0) is 9.97. The molecule has 2 nitrogen and oxygen atoms in total. The van der Waals surface area contributed by atoms with Crippen LogP contribution in [0.3, 0.4) is 0 Å². The molecule has 0 spiro atoms. The second-order valence-corrected chi connectivity index (χ2v) is 4.51. The number of hydrogen-bond donors (Lipinski definition) is 1. The van der Waals surface area contributed by atoms with E-state index < -0.39 is 0 Å². The van der Waals surface area contributed by atoms with Crippen molar-refractivity contribution in [2.75, 3.05) is 0 Å². The Morgan fingerprint density at radius 2 is 2.29 bits per heavy atom. The average Bonchev–Trinajstić information content (AvgIpc) is 2.18. The van der Waals surface area contributed by atoms with Gasteiger partial charge >= 0.3 is 0 Å². The van der Waals surface area contributed by atoms with Crippen LogP contribution in [0.2, 0.25) is 5.02 Å². The van der Waals surface area contributed by atoms with Crippen LogP contribution in [0, 0.1) is 0 Å². The molecule has 1 atom stereocenters. The van der Waals surface area contributed by atoms with E-state index in [0.717, 1.165) is 16.2 Å². The van der Waals surface area contributed by atoms with Gasteiger partial charge in [-0.2, -0.15) is 0 Å². The number of halogens is 2. The number of nitrogens with zero attached hydrogens (tertiary/aromatic N) is 1. The predicted molar refractivity (Wildman–Crippen MR) is 68.9 cm³/mol. The van der Waals surface area contributed by atoms with Gasteiger partial charge in [0, 0.05) is 16.8 Å². The molecule has 1 heterocycles. The molecule has 4 heteroatoms. The Morgan fingerprint density at radius 3 is 3.00 bits per heavy atom. The lowest BCUT2D eigenvalue weighted by molar-refractivity contribution is 1.13. The Morgan fingerprint density at radius 1 is 1.43 bits per heavy atom. The minimum Gasteiger partial charge on any atom is -0.353 e. The van der Waals surface area contributed by atoms with Crippen LogP contribution in [0.15, 0.2) is 35.5 Å². The molecule has 1 aliphatic heterocycles. The minimum atomic E-state index is 0.160. The molecule has 0 aromatic heterocycles. The summed E-state index contributed by atoms with van der Waals surface area (Å²) in [6.07, 6.45) is 3.65. The molecular weight excluding hydrogens is 310 g/mol. The first-order valence-corrected chi connectivity index (χ1v) is 5.77. The number of alkyl halides is 1. The summed E-state index contributed by atoms with van der Waals surface area (Å²) in [5.41, 5.74) is 2.26. The van der Waals surface area contributed by atoms with Crippen LogP contribution in [-0.4, -0.2) is 10.4 Å².